The van der Waals surface area contributed by atoms with Gasteiger partial charge in [0.25, 0.3) is 0 Å². The second kappa shape index (κ2) is 5.81. The van der Waals surface area contributed by atoms with Gasteiger partial charge >= 0.3 is 0 Å². The van der Waals surface area contributed by atoms with Gasteiger partial charge in [0.1, 0.15) is 5.82 Å². The zero-order valence-corrected chi connectivity index (χ0v) is 12.1. The Morgan fingerprint density at radius 2 is 1.70 bits per heavy atom. The molecule has 0 spiro atoms. The van der Waals surface area contributed by atoms with Crippen LogP contribution in [0.25, 0.3) is 0 Å². The fraction of sp³-hybridized carbons (Fsp3) is 0.143. The minimum atomic E-state index is -3.43. The summed E-state index contributed by atoms with van der Waals surface area (Å²) in [6.07, 6.45) is 0. The highest BCUT2D eigenvalue weighted by Crippen LogP contribution is 2.19. The van der Waals surface area contributed by atoms with Crippen molar-refractivity contribution < 1.29 is 12.8 Å². The summed E-state index contributed by atoms with van der Waals surface area (Å²) in [5, 5.41) is 0.542. The first-order chi connectivity index (χ1) is 9.35. The van der Waals surface area contributed by atoms with E-state index < -0.39 is 15.7 Å². The van der Waals surface area contributed by atoms with Gasteiger partial charge in [-0.25, -0.2) is 12.8 Å². The number of halogens is 2. The van der Waals surface area contributed by atoms with Crippen molar-refractivity contribution in [2.24, 2.45) is 0 Å². The standard InChI is InChI=1S/C14H13ClFNO2S/c15-12-3-1-10(2-4-12)8-20(18,19)9-11-7-13(16)5-6-14(11)17/h1-7H,8-9,17H2. The maximum absolute atomic E-state index is 13.1. The highest BCUT2D eigenvalue weighted by atomic mass is 35.5. The lowest BCUT2D eigenvalue weighted by Crippen LogP contribution is -2.09. The van der Waals surface area contributed by atoms with E-state index in [0.717, 1.165) is 6.07 Å². The molecule has 0 aliphatic carbocycles. The Labute approximate surface area is 122 Å². The number of rotatable bonds is 4. The largest absolute Gasteiger partial charge is 0.398 e. The topological polar surface area (TPSA) is 60.2 Å². The van der Waals surface area contributed by atoms with Crippen LogP contribution in [0, 0.1) is 5.82 Å². The van der Waals surface area contributed by atoms with Gasteiger partial charge in [0.2, 0.25) is 0 Å². The average Bonchev–Trinajstić information content (AvgIpc) is 2.36. The van der Waals surface area contributed by atoms with E-state index in [4.69, 9.17) is 17.3 Å². The van der Waals surface area contributed by atoms with Gasteiger partial charge in [-0.15, -0.1) is 0 Å². The quantitative estimate of drug-likeness (QED) is 0.882. The molecule has 2 aromatic rings. The summed E-state index contributed by atoms with van der Waals surface area (Å²) in [5.74, 6) is -0.935. The van der Waals surface area contributed by atoms with E-state index in [2.05, 4.69) is 0 Å². The third kappa shape index (κ3) is 3.95. The van der Waals surface area contributed by atoms with Gasteiger partial charge in [-0.2, -0.15) is 0 Å². The summed E-state index contributed by atoms with van der Waals surface area (Å²) in [4.78, 5) is 0. The van der Waals surface area contributed by atoms with Crippen LogP contribution < -0.4 is 5.73 Å². The van der Waals surface area contributed by atoms with Crippen LogP contribution in [-0.4, -0.2) is 8.42 Å². The molecule has 0 heterocycles. The minimum absolute atomic E-state index is 0.139. The molecular weight excluding hydrogens is 301 g/mol. The normalized spacial score (nSPS) is 11.5. The molecule has 3 nitrogen and oxygen atoms in total. The molecule has 0 unspecified atom stereocenters. The van der Waals surface area contributed by atoms with Gasteiger partial charge in [-0.05, 0) is 41.5 Å². The molecule has 2 rings (SSSR count). The van der Waals surface area contributed by atoms with E-state index >= 15 is 0 Å². The van der Waals surface area contributed by atoms with Crippen molar-refractivity contribution in [3.8, 4) is 0 Å². The zero-order chi connectivity index (χ0) is 14.8. The van der Waals surface area contributed by atoms with E-state index in [1.165, 1.54) is 12.1 Å². The average molecular weight is 314 g/mol. The first-order valence-electron chi connectivity index (χ1n) is 5.84. The second-order valence-corrected chi connectivity index (χ2v) is 7.00. The summed E-state index contributed by atoms with van der Waals surface area (Å²) in [6, 6.07) is 10.3. The molecule has 2 N–H and O–H groups in total. The highest BCUT2D eigenvalue weighted by Gasteiger charge is 2.15. The summed E-state index contributed by atoms with van der Waals surface area (Å²) in [7, 11) is -3.43. The monoisotopic (exact) mass is 313 g/mol. The zero-order valence-electron chi connectivity index (χ0n) is 10.5. The second-order valence-electron chi connectivity index (χ2n) is 4.50. The lowest BCUT2D eigenvalue weighted by Gasteiger charge is -2.08. The summed E-state index contributed by atoms with van der Waals surface area (Å²) < 4.78 is 37.3. The molecule has 0 aliphatic rings. The van der Waals surface area contributed by atoms with Crippen molar-refractivity contribution in [3.05, 3.63) is 64.4 Å². The number of hydrogen-bond acceptors (Lipinski definition) is 3. The molecule has 0 aromatic heterocycles. The predicted octanol–water partition coefficient (Wildman–Crippen LogP) is 3.18. The number of nitrogen functional groups attached to an aromatic ring is 1. The lowest BCUT2D eigenvalue weighted by atomic mass is 10.2. The van der Waals surface area contributed by atoms with E-state index in [9.17, 15) is 12.8 Å². The smallest absolute Gasteiger partial charge is 0.158 e. The van der Waals surface area contributed by atoms with Gasteiger partial charge in [-0.3, -0.25) is 0 Å². The van der Waals surface area contributed by atoms with Crippen molar-refractivity contribution in [1.82, 2.24) is 0 Å². The highest BCUT2D eigenvalue weighted by molar-refractivity contribution is 7.89. The molecule has 0 bridgehead atoms. The molecule has 106 valence electrons. The number of hydrogen-bond donors (Lipinski definition) is 1. The van der Waals surface area contributed by atoms with Gasteiger partial charge in [0.05, 0.1) is 11.5 Å². The van der Waals surface area contributed by atoms with Crippen LogP contribution in [0.15, 0.2) is 42.5 Å². The van der Waals surface area contributed by atoms with E-state index in [-0.39, 0.29) is 22.8 Å². The van der Waals surface area contributed by atoms with Crippen LogP contribution in [0.3, 0.4) is 0 Å². The molecule has 0 fully saturated rings. The fourth-order valence-corrected chi connectivity index (χ4v) is 3.47. The molecule has 0 saturated carbocycles. The van der Waals surface area contributed by atoms with Gasteiger partial charge in [0, 0.05) is 10.7 Å². The van der Waals surface area contributed by atoms with Gasteiger partial charge in [-0.1, -0.05) is 23.7 Å². The van der Waals surface area contributed by atoms with E-state index in [0.29, 0.717) is 10.6 Å². The molecule has 0 atom stereocenters. The van der Waals surface area contributed by atoms with Crippen LogP contribution in [0.2, 0.25) is 5.02 Å². The Morgan fingerprint density at radius 1 is 1.05 bits per heavy atom. The Balaban J connectivity index is 2.19. The predicted molar refractivity (Wildman–Crippen MR) is 78.6 cm³/mol. The van der Waals surface area contributed by atoms with Crippen LogP contribution in [0.1, 0.15) is 11.1 Å². The Bertz CT molecular complexity index is 714. The molecule has 0 radical (unpaired) electrons. The molecule has 0 saturated heterocycles. The Kier molecular flexibility index (Phi) is 4.30. The van der Waals surface area contributed by atoms with Crippen molar-refractivity contribution in [2.45, 2.75) is 11.5 Å². The van der Waals surface area contributed by atoms with Crippen LogP contribution >= 0.6 is 11.6 Å². The van der Waals surface area contributed by atoms with Crippen molar-refractivity contribution in [1.29, 1.82) is 0 Å². The summed E-state index contributed by atoms with van der Waals surface area (Å²) in [5.41, 5.74) is 6.84. The van der Waals surface area contributed by atoms with Crippen LogP contribution in [0.4, 0.5) is 10.1 Å². The molecular formula is C14H13ClFNO2S. The molecule has 2 aromatic carbocycles. The number of anilines is 1. The molecule has 0 amide bonds. The number of sulfone groups is 1. The molecule has 6 heteroatoms. The number of benzene rings is 2. The van der Waals surface area contributed by atoms with E-state index in [1.807, 2.05) is 0 Å². The fourth-order valence-electron chi connectivity index (χ4n) is 1.82. The maximum atomic E-state index is 13.1. The van der Waals surface area contributed by atoms with Crippen LogP contribution in [0.5, 0.6) is 0 Å². The maximum Gasteiger partial charge on any atom is 0.158 e. The minimum Gasteiger partial charge on any atom is -0.398 e. The summed E-state index contributed by atoms with van der Waals surface area (Å²) >= 11 is 5.74. The molecule has 0 aliphatic heterocycles. The number of nitrogens with two attached hydrogens (primary N) is 1. The lowest BCUT2D eigenvalue weighted by molar-refractivity contribution is 0.594. The van der Waals surface area contributed by atoms with Crippen molar-refractivity contribution in [3.63, 3.8) is 0 Å². The van der Waals surface area contributed by atoms with Gasteiger partial charge < -0.3 is 5.73 Å². The molecule has 20 heavy (non-hydrogen) atoms. The SMILES string of the molecule is Nc1ccc(F)cc1CS(=O)(=O)Cc1ccc(Cl)cc1. The van der Waals surface area contributed by atoms with Crippen LogP contribution in [-0.2, 0) is 21.3 Å². The first-order valence-corrected chi connectivity index (χ1v) is 8.04. The van der Waals surface area contributed by atoms with Crippen molar-refractivity contribution >= 4 is 27.1 Å². The third-order valence-electron chi connectivity index (χ3n) is 2.78. The third-order valence-corrected chi connectivity index (χ3v) is 4.56. The van der Waals surface area contributed by atoms with Crippen molar-refractivity contribution in [2.75, 3.05) is 5.73 Å². The Hall–Kier alpha value is -1.59. The Morgan fingerprint density at radius 3 is 2.35 bits per heavy atom. The summed E-state index contributed by atoms with van der Waals surface area (Å²) in [6.45, 7) is 0. The van der Waals surface area contributed by atoms with E-state index in [1.54, 1.807) is 24.3 Å². The first kappa shape index (κ1) is 14.8. The van der Waals surface area contributed by atoms with Gasteiger partial charge in [0.15, 0.2) is 9.84 Å².